The van der Waals surface area contributed by atoms with Crippen molar-refractivity contribution in [1.82, 2.24) is 9.97 Å². The minimum absolute atomic E-state index is 0.434. The topological polar surface area (TPSA) is 52.1 Å². The summed E-state index contributed by atoms with van der Waals surface area (Å²) in [5, 5.41) is 1.00. The third kappa shape index (κ3) is 2.28. The second-order valence-electron chi connectivity index (χ2n) is 3.98. The summed E-state index contributed by atoms with van der Waals surface area (Å²) >= 11 is 0. The van der Waals surface area contributed by atoms with Crippen molar-refractivity contribution in [3.05, 3.63) is 60.4 Å². The summed E-state index contributed by atoms with van der Waals surface area (Å²) in [4.78, 5) is 18.9. The zero-order chi connectivity index (χ0) is 13.1. The number of carbonyl (C=O) groups is 1. The van der Waals surface area contributed by atoms with Gasteiger partial charge in [0.1, 0.15) is 5.52 Å². The smallest absolute Gasteiger partial charge is 0.219 e. The Bertz CT molecular complexity index is 718. The van der Waals surface area contributed by atoms with Gasteiger partial charge in [-0.15, -0.1) is 0 Å². The monoisotopic (exact) mass is 250 g/mol. The summed E-state index contributed by atoms with van der Waals surface area (Å²) in [7, 11) is 0. The highest BCUT2D eigenvalue weighted by atomic mass is 16.5. The molecular weight excluding hydrogens is 240 g/mol. The zero-order valence-electron chi connectivity index (χ0n) is 9.98. The van der Waals surface area contributed by atoms with Gasteiger partial charge < -0.3 is 4.74 Å². The van der Waals surface area contributed by atoms with Crippen LogP contribution in [-0.2, 0) is 0 Å². The van der Waals surface area contributed by atoms with E-state index < -0.39 is 0 Å². The molecule has 0 fully saturated rings. The number of rotatable bonds is 3. The Morgan fingerprint density at radius 1 is 1.00 bits per heavy atom. The van der Waals surface area contributed by atoms with Crippen LogP contribution in [0, 0.1) is 0 Å². The maximum absolute atomic E-state index is 10.6. The minimum Gasteiger partial charge on any atom is -0.437 e. The molecule has 0 aliphatic carbocycles. The van der Waals surface area contributed by atoms with E-state index in [4.69, 9.17) is 4.74 Å². The number of hydrogen-bond donors (Lipinski definition) is 0. The summed E-state index contributed by atoms with van der Waals surface area (Å²) in [5.41, 5.74) is 1.30. The molecule has 0 aliphatic rings. The van der Waals surface area contributed by atoms with Gasteiger partial charge in [-0.05, 0) is 18.2 Å². The number of benzene rings is 1. The first-order chi connectivity index (χ1) is 9.36. The number of aromatic nitrogens is 2. The number of nitrogens with zero attached hydrogens (tertiary/aromatic N) is 2. The maximum atomic E-state index is 10.6. The van der Waals surface area contributed by atoms with Gasteiger partial charge >= 0.3 is 0 Å². The van der Waals surface area contributed by atoms with Crippen molar-refractivity contribution in [2.45, 2.75) is 0 Å². The van der Waals surface area contributed by atoms with Crippen LogP contribution in [0.4, 0.5) is 0 Å². The van der Waals surface area contributed by atoms with E-state index >= 15 is 0 Å². The van der Waals surface area contributed by atoms with Gasteiger partial charge in [0.2, 0.25) is 5.88 Å². The van der Waals surface area contributed by atoms with Crippen molar-refractivity contribution in [1.29, 1.82) is 0 Å². The molecule has 92 valence electrons. The first-order valence-corrected chi connectivity index (χ1v) is 5.79. The SMILES string of the molecule is O=Cc1ccc(Oc2cccc3cccnc23)nc1. The van der Waals surface area contributed by atoms with E-state index in [2.05, 4.69) is 9.97 Å². The highest BCUT2D eigenvalue weighted by molar-refractivity contribution is 5.84. The van der Waals surface area contributed by atoms with Gasteiger partial charge in [0.15, 0.2) is 12.0 Å². The molecule has 2 heterocycles. The zero-order valence-corrected chi connectivity index (χ0v) is 9.98. The van der Waals surface area contributed by atoms with Crippen molar-refractivity contribution in [3.8, 4) is 11.6 Å². The highest BCUT2D eigenvalue weighted by Crippen LogP contribution is 2.26. The predicted molar refractivity (Wildman–Crippen MR) is 71.4 cm³/mol. The number of aldehydes is 1. The number of fused-ring (bicyclic) bond motifs is 1. The van der Waals surface area contributed by atoms with Gasteiger partial charge in [-0.1, -0.05) is 18.2 Å². The third-order valence-corrected chi connectivity index (χ3v) is 2.71. The van der Waals surface area contributed by atoms with Crippen LogP contribution in [-0.4, -0.2) is 16.3 Å². The second kappa shape index (κ2) is 4.86. The molecule has 4 nitrogen and oxygen atoms in total. The molecule has 0 amide bonds. The summed E-state index contributed by atoms with van der Waals surface area (Å²) in [6, 6.07) is 12.9. The van der Waals surface area contributed by atoms with E-state index in [-0.39, 0.29) is 0 Å². The van der Waals surface area contributed by atoms with Crippen molar-refractivity contribution >= 4 is 17.2 Å². The van der Waals surface area contributed by atoms with Crippen LogP contribution in [0.15, 0.2) is 54.9 Å². The Balaban J connectivity index is 1.98. The molecule has 1 aromatic carbocycles. The standard InChI is InChI=1S/C15H10N2O2/c18-10-11-6-7-14(17-9-11)19-13-5-1-3-12-4-2-8-16-15(12)13/h1-10H. The van der Waals surface area contributed by atoms with Crippen LogP contribution in [0.1, 0.15) is 10.4 Å². The Kier molecular flexibility index (Phi) is 2.90. The van der Waals surface area contributed by atoms with Crippen molar-refractivity contribution in [2.75, 3.05) is 0 Å². The quantitative estimate of drug-likeness (QED) is 0.669. The minimum atomic E-state index is 0.434. The fourth-order valence-electron chi connectivity index (χ4n) is 1.79. The molecule has 19 heavy (non-hydrogen) atoms. The second-order valence-corrected chi connectivity index (χ2v) is 3.98. The van der Waals surface area contributed by atoms with Gasteiger partial charge in [-0.2, -0.15) is 0 Å². The Labute approximate surface area is 109 Å². The summed E-state index contributed by atoms with van der Waals surface area (Å²) < 4.78 is 5.70. The molecule has 0 spiro atoms. The fourth-order valence-corrected chi connectivity index (χ4v) is 1.79. The predicted octanol–water partition coefficient (Wildman–Crippen LogP) is 3.23. The molecule has 0 saturated heterocycles. The number of para-hydroxylation sites is 1. The van der Waals surface area contributed by atoms with Gasteiger partial charge in [0.05, 0.1) is 0 Å². The van der Waals surface area contributed by atoms with Crippen LogP contribution < -0.4 is 4.74 Å². The number of carbonyl (C=O) groups excluding carboxylic acids is 1. The van der Waals surface area contributed by atoms with E-state index in [1.807, 2.05) is 30.3 Å². The number of ether oxygens (including phenoxy) is 1. The van der Waals surface area contributed by atoms with E-state index in [0.29, 0.717) is 17.2 Å². The van der Waals surface area contributed by atoms with Crippen molar-refractivity contribution in [3.63, 3.8) is 0 Å². The molecule has 3 aromatic rings. The lowest BCUT2D eigenvalue weighted by Crippen LogP contribution is -1.91. The van der Waals surface area contributed by atoms with Crippen LogP contribution in [0.5, 0.6) is 11.6 Å². The fraction of sp³-hybridized carbons (Fsp3) is 0. The van der Waals surface area contributed by atoms with Crippen molar-refractivity contribution in [2.24, 2.45) is 0 Å². The highest BCUT2D eigenvalue weighted by Gasteiger charge is 2.04. The Hall–Kier alpha value is -2.75. The van der Waals surface area contributed by atoms with E-state index in [9.17, 15) is 4.79 Å². The molecule has 0 aliphatic heterocycles. The third-order valence-electron chi connectivity index (χ3n) is 2.71. The maximum Gasteiger partial charge on any atom is 0.219 e. The molecule has 0 radical (unpaired) electrons. The molecule has 2 aromatic heterocycles. The van der Waals surface area contributed by atoms with Crippen LogP contribution in [0.3, 0.4) is 0 Å². The summed E-state index contributed by atoms with van der Waals surface area (Å²) in [5.74, 6) is 1.08. The molecule has 0 N–H and O–H groups in total. The lowest BCUT2D eigenvalue weighted by atomic mass is 10.2. The van der Waals surface area contributed by atoms with Crippen molar-refractivity contribution < 1.29 is 9.53 Å². The molecule has 4 heteroatoms. The molecular formula is C15H10N2O2. The average Bonchev–Trinajstić information content (AvgIpc) is 2.48. The number of hydrogen-bond acceptors (Lipinski definition) is 4. The molecule has 0 atom stereocenters. The molecule has 3 rings (SSSR count). The van der Waals surface area contributed by atoms with Crippen LogP contribution in [0.25, 0.3) is 10.9 Å². The summed E-state index contributed by atoms with van der Waals surface area (Å²) in [6.07, 6.45) is 3.94. The number of pyridine rings is 2. The first kappa shape index (κ1) is 11.3. The van der Waals surface area contributed by atoms with Gasteiger partial charge in [0.25, 0.3) is 0 Å². The summed E-state index contributed by atoms with van der Waals surface area (Å²) in [6.45, 7) is 0. The molecule has 0 unspecified atom stereocenters. The van der Waals surface area contributed by atoms with Gasteiger partial charge in [0, 0.05) is 29.4 Å². The average molecular weight is 250 g/mol. The van der Waals surface area contributed by atoms with E-state index in [1.54, 1.807) is 18.3 Å². The van der Waals surface area contributed by atoms with Gasteiger partial charge in [-0.25, -0.2) is 4.98 Å². The van der Waals surface area contributed by atoms with Gasteiger partial charge in [-0.3, -0.25) is 9.78 Å². The first-order valence-electron chi connectivity index (χ1n) is 5.79. The van der Waals surface area contributed by atoms with E-state index in [1.165, 1.54) is 6.20 Å². The molecule has 0 saturated carbocycles. The lowest BCUT2D eigenvalue weighted by molar-refractivity contribution is 0.112. The van der Waals surface area contributed by atoms with E-state index in [0.717, 1.165) is 17.2 Å². The van der Waals surface area contributed by atoms with Crippen LogP contribution in [0.2, 0.25) is 0 Å². The normalized spacial score (nSPS) is 10.3. The largest absolute Gasteiger partial charge is 0.437 e. The Morgan fingerprint density at radius 3 is 2.68 bits per heavy atom. The van der Waals surface area contributed by atoms with Crippen LogP contribution >= 0.6 is 0 Å². The lowest BCUT2D eigenvalue weighted by Gasteiger charge is -2.07. The Morgan fingerprint density at radius 2 is 1.89 bits per heavy atom. The molecule has 0 bridgehead atoms.